The molecule has 194 valence electrons. The van der Waals surface area contributed by atoms with Crippen molar-refractivity contribution < 1.29 is 18.3 Å². The molecule has 2 heterocycles. The van der Waals surface area contributed by atoms with Gasteiger partial charge in [0.05, 0.1) is 33.0 Å². The number of hydrogen-bond acceptors (Lipinski definition) is 7. The van der Waals surface area contributed by atoms with Gasteiger partial charge in [0.25, 0.3) is 5.56 Å². The number of aryl methyl sites for hydroxylation is 3. The number of aromatic nitrogens is 4. The SMILES string of the molecule is C#CCn1c(=O)c2[nH]c(CCc3ccccc3OC)nc2n(CCCCP(=O)(OCC)OCC)c1=O. The number of nitrogens with one attached hydrogen (secondary N) is 1. The summed E-state index contributed by atoms with van der Waals surface area (Å²) in [5, 5.41) is 0. The zero-order chi connectivity index (χ0) is 26.1. The molecule has 2 aromatic heterocycles. The number of ether oxygens (including phenoxy) is 1. The second-order valence-electron chi connectivity index (χ2n) is 8.10. The summed E-state index contributed by atoms with van der Waals surface area (Å²) in [5.41, 5.74) is 0.499. The molecular weight excluding hydrogens is 483 g/mol. The lowest BCUT2D eigenvalue weighted by Gasteiger charge is -2.17. The van der Waals surface area contributed by atoms with Crippen molar-refractivity contribution in [3.63, 3.8) is 0 Å². The van der Waals surface area contributed by atoms with Crippen LogP contribution < -0.4 is 16.0 Å². The van der Waals surface area contributed by atoms with E-state index in [0.29, 0.717) is 44.7 Å². The Labute approximate surface area is 210 Å². The second kappa shape index (κ2) is 12.7. The molecule has 10 nitrogen and oxygen atoms in total. The van der Waals surface area contributed by atoms with Gasteiger partial charge in [-0.15, -0.1) is 6.42 Å². The molecule has 1 aromatic carbocycles. The standard InChI is InChI=1S/C25H33N4O6P/c1-5-16-29-24(30)22-23(27-21(26-22)15-14-19-12-8-9-13-20(19)33-4)28(25(29)31)17-10-11-18-36(32,34-6-2)35-7-3/h1,8-9,12-13H,6-7,10-11,14-18H2,2-4H3,(H,26,27). The smallest absolute Gasteiger partial charge is 0.333 e. The predicted molar refractivity (Wildman–Crippen MR) is 139 cm³/mol. The number of unbranched alkanes of at least 4 members (excludes halogenated alkanes) is 1. The number of H-pyrrole nitrogens is 1. The van der Waals surface area contributed by atoms with Crippen LogP contribution in [0.3, 0.4) is 0 Å². The van der Waals surface area contributed by atoms with Gasteiger partial charge in [0, 0.05) is 13.0 Å². The van der Waals surface area contributed by atoms with Gasteiger partial charge in [-0.2, -0.15) is 0 Å². The Hall–Kier alpha value is -3.12. The predicted octanol–water partition coefficient (Wildman–Crippen LogP) is 3.36. The van der Waals surface area contributed by atoms with Gasteiger partial charge in [-0.3, -0.25) is 13.9 Å². The van der Waals surface area contributed by atoms with E-state index >= 15 is 0 Å². The number of nitrogens with zero attached hydrogens (tertiary/aromatic N) is 3. The number of rotatable bonds is 14. The van der Waals surface area contributed by atoms with Crippen LogP contribution in [0.25, 0.3) is 11.2 Å². The van der Waals surface area contributed by atoms with Gasteiger partial charge in [0.15, 0.2) is 5.65 Å². The van der Waals surface area contributed by atoms with Crippen LogP contribution in [-0.4, -0.2) is 45.6 Å². The van der Waals surface area contributed by atoms with Crippen LogP contribution in [0.15, 0.2) is 33.9 Å². The highest BCUT2D eigenvalue weighted by Gasteiger charge is 2.23. The number of para-hydroxylation sites is 1. The highest BCUT2D eigenvalue weighted by Crippen LogP contribution is 2.48. The number of methoxy groups -OCH3 is 1. The zero-order valence-corrected chi connectivity index (χ0v) is 21.9. The molecule has 0 bridgehead atoms. The normalized spacial score (nSPS) is 11.6. The molecular formula is C25H33N4O6P. The third-order valence-corrected chi connectivity index (χ3v) is 7.87. The van der Waals surface area contributed by atoms with Gasteiger partial charge in [-0.1, -0.05) is 24.1 Å². The molecule has 0 aliphatic carbocycles. The zero-order valence-electron chi connectivity index (χ0n) is 21.0. The minimum absolute atomic E-state index is 0.146. The fourth-order valence-corrected chi connectivity index (χ4v) is 5.79. The Kier molecular flexibility index (Phi) is 9.71. The third-order valence-electron chi connectivity index (χ3n) is 5.70. The summed E-state index contributed by atoms with van der Waals surface area (Å²) in [6.07, 6.45) is 7.82. The van der Waals surface area contributed by atoms with E-state index in [0.717, 1.165) is 15.9 Å². The topological polar surface area (TPSA) is 117 Å². The summed E-state index contributed by atoms with van der Waals surface area (Å²) < 4.78 is 31.3. The Bertz CT molecular complexity index is 1370. The van der Waals surface area contributed by atoms with Gasteiger partial charge >= 0.3 is 13.3 Å². The van der Waals surface area contributed by atoms with Gasteiger partial charge in [0.2, 0.25) is 0 Å². The minimum atomic E-state index is -3.17. The summed E-state index contributed by atoms with van der Waals surface area (Å²) >= 11 is 0. The molecule has 3 aromatic rings. The maximum Gasteiger partial charge on any atom is 0.333 e. The molecule has 0 amide bonds. The van der Waals surface area contributed by atoms with Crippen LogP contribution in [0, 0.1) is 12.3 Å². The molecule has 36 heavy (non-hydrogen) atoms. The van der Waals surface area contributed by atoms with Gasteiger partial charge in [0.1, 0.15) is 17.1 Å². The molecule has 3 rings (SSSR count). The number of imidazole rings is 1. The van der Waals surface area contributed by atoms with Crippen LogP contribution >= 0.6 is 7.60 Å². The van der Waals surface area contributed by atoms with Crippen LogP contribution in [-0.2, 0) is 39.5 Å². The lowest BCUT2D eigenvalue weighted by Crippen LogP contribution is -2.40. The maximum atomic E-state index is 13.1. The van der Waals surface area contributed by atoms with E-state index in [4.69, 9.17) is 20.2 Å². The van der Waals surface area contributed by atoms with Gasteiger partial charge < -0.3 is 18.8 Å². The molecule has 1 N–H and O–H groups in total. The molecule has 0 aliphatic rings. The van der Waals surface area contributed by atoms with Crippen LogP contribution in [0.5, 0.6) is 5.75 Å². The van der Waals surface area contributed by atoms with E-state index in [-0.39, 0.29) is 30.4 Å². The Balaban J connectivity index is 1.86. The largest absolute Gasteiger partial charge is 0.496 e. The van der Waals surface area contributed by atoms with Crippen LogP contribution in [0.2, 0.25) is 0 Å². The summed E-state index contributed by atoms with van der Waals surface area (Å²) in [6, 6.07) is 7.70. The Morgan fingerprint density at radius 3 is 2.47 bits per heavy atom. The first-order valence-corrected chi connectivity index (χ1v) is 13.8. The number of hydrogen-bond donors (Lipinski definition) is 1. The van der Waals surface area contributed by atoms with E-state index in [1.807, 2.05) is 24.3 Å². The second-order valence-corrected chi connectivity index (χ2v) is 10.3. The van der Waals surface area contributed by atoms with Crippen molar-refractivity contribution in [2.24, 2.45) is 0 Å². The Morgan fingerprint density at radius 2 is 1.81 bits per heavy atom. The monoisotopic (exact) mass is 516 g/mol. The molecule has 0 saturated heterocycles. The summed E-state index contributed by atoms with van der Waals surface area (Å²) in [4.78, 5) is 33.8. The van der Waals surface area contributed by atoms with Crippen molar-refractivity contribution >= 4 is 18.8 Å². The average molecular weight is 517 g/mol. The van der Waals surface area contributed by atoms with E-state index in [2.05, 4.69) is 15.9 Å². The molecule has 0 atom stereocenters. The quantitative estimate of drug-likeness (QED) is 0.198. The van der Waals surface area contributed by atoms with E-state index in [9.17, 15) is 14.2 Å². The average Bonchev–Trinajstić information content (AvgIpc) is 3.29. The van der Waals surface area contributed by atoms with E-state index < -0.39 is 18.8 Å². The van der Waals surface area contributed by atoms with Crippen LogP contribution in [0.1, 0.15) is 38.1 Å². The fraction of sp³-hybridized carbons (Fsp3) is 0.480. The van der Waals surface area contributed by atoms with Crippen molar-refractivity contribution in [1.82, 2.24) is 19.1 Å². The summed E-state index contributed by atoms with van der Waals surface area (Å²) in [7, 11) is -1.55. The lowest BCUT2D eigenvalue weighted by atomic mass is 10.1. The molecule has 0 saturated carbocycles. The summed E-state index contributed by atoms with van der Waals surface area (Å²) in [5.74, 6) is 3.73. The molecule has 11 heteroatoms. The molecule has 0 spiro atoms. The van der Waals surface area contributed by atoms with E-state index in [1.165, 1.54) is 4.57 Å². The number of terminal acetylenes is 1. The van der Waals surface area contributed by atoms with Crippen molar-refractivity contribution in [3.8, 4) is 18.1 Å². The van der Waals surface area contributed by atoms with Crippen molar-refractivity contribution in [3.05, 3.63) is 56.5 Å². The Morgan fingerprint density at radius 1 is 1.08 bits per heavy atom. The number of aromatic amines is 1. The molecule has 0 aliphatic heterocycles. The first-order valence-electron chi connectivity index (χ1n) is 12.0. The van der Waals surface area contributed by atoms with Crippen molar-refractivity contribution in [2.45, 2.75) is 52.6 Å². The summed E-state index contributed by atoms with van der Waals surface area (Å²) in [6.45, 7) is 4.24. The number of fused-ring (bicyclic) bond motifs is 1. The van der Waals surface area contributed by atoms with E-state index in [1.54, 1.807) is 21.0 Å². The highest BCUT2D eigenvalue weighted by atomic mass is 31.2. The third kappa shape index (κ3) is 6.35. The van der Waals surface area contributed by atoms with Crippen molar-refractivity contribution in [2.75, 3.05) is 26.5 Å². The maximum absolute atomic E-state index is 13.1. The molecule has 0 radical (unpaired) electrons. The lowest BCUT2D eigenvalue weighted by molar-refractivity contribution is 0.219. The van der Waals surface area contributed by atoms with Crippen LogP contribution in [0.4, 0.5) is 0 Å². The first-order chi connectivity index (χ1) is 17.4. The van der Waals surface area contributed by atoms with Gasteiger partial charge in [-0.05, 0) is 44.7 Å². The number of benzene rings is 1. The molecule has 0 fully saturated rings. The van der Waals surface area contributed by atoms with Crippen molar-refractivity contribution in [1.29, 1.82) is 0 Å². The first kappa shape index (κ1) is 27.5. The van der Waals surface area contributed by atoms with Gasteiger partial charge in [-0.25, -0.2) is 14.3 Å². The highest BCUT2D eigenvalue weighted by molar-refractivity contribution is 7.53. The minimum Gasteiger partial charge on any atom is -0.496 e. The molecule has 0 unspecified atom stereocenters. The fourth-order valence-electron chi connectivity index (χ4n) is 4.06.